The molecule has 1 N–H and O–H groups in total. The zero-order valence-corrected chi connectivity index (χ0v) is 15.9. The molecule has 0 saturated carbocycles. The van der Waals surface area contributed by atoms with E-state index in [0.29, 0.717) is 15.6 Å². The van der Waals surface area contributed by atoms with E-state index in [2.05, 4.69) is 15.9 Å². The number of furan rings is 1. The van der Waals surface area contributed by atoms with Crippen molar-refractivity contribution in [2.45, 2.75) is 6.61 Å². The number of carbonyl (C=O) groups is 1. The number of para-hydroxylation sites is 1. The van der Waals surface area contributed by atoms with Crippen LogP contribution < -0.4 is 0 Å². The minimum Gasteiger partial charge on any atom is -0.451 e. The standard InChI is InChI=1S/C20H13BrN2O5/c21-13-5-6-15(17(9-13)23(26)27)18-7-8-19(28-18)20(25)22-10-12(11-24)14-3-1-2-4-16(14)22/h1-10,24H,11H2. The minimum absolute atomic E-state index is 0.0393. The van der Waals surface area contributed by atoms with Crippen molar-refractivity contribution in [1.29, 1.82) is 0 Å². The van der Waals surface area contributed by atoms with Crippen molar-refractivity contribution in [3.8, 4) is 11.3 Å². The Bertz CT molecular complexity index is 1220. The lowest BCUT2D eigenvalue weighted by molar-refractivity contribution is -0.384. The van der Waals surface area contributed by atoms with Crippen molar-refractivity contribution >= 4 is 38.4 Å². The van der Waals surface area contributed by atoms with Crippen LogP contribution in [0.4, 0.5) is 5.69 Å². The maximum absolute atomic E-state index is 13.0. The molecule has 0 aliphatic heterocycles. The molecule has 28 heavy (non-hydrogen) atoms. The number of nitrogens with zero attached hydrogens (tertiary/aromatic N) is 2. The van der Waals surface area contributed by atoms with Crippen LogP contribution in [-0.2, 0) is 6.61 Å². The Labute approximate surface area is 167 Å². The summed E-state index contributed by atoms with van der Waals surface area (Å²) in [5.74, 6) is -0.166. The summed E-state index contributed by atoms with van der Waals surface area (Å²) in [6.07, 6.45) is 1.57. The Morgan fingerprint density at radius 3 is 2.71 bits per heavy atom. The topological polar surface area (TPSA) is 98.5 Å². The van der Waals surface area contributed by atoms with E-state index in [4.69, 9.17) is 4.42 Å². The van der Waals surface area contributed by atoms with Crippen molar-refractivity contribution < 1.29 is 19.2 Å². The summed E-state index contributed by atoms with van der Waals surface area (Å²) < 4.78 is 7.63. The fraction of sp³-hybridized carbons (Fsp3) is 0.0500. The molecule has 4 aromatic rings. The van der Waals surface area contributed by atoms with E-state index in [1.807, 2.05) is 12.1 Å². The molecule has 0 amide bonds. The number of aromatic nitrogens is 1. The lowest BCUT2D eigenvalue weighted by Crippen LogP contribution is -2.09. The number of halogens is 1. The third kappa shape index (κ3) is 3.02. The molecule has 0 atom stereocenters. The Morgan fingerprint density at radius 1 is 1.18 bits per heavy atom. The molecular weight excluding hydrogens is 428 g/mol. The third-order valence-electron chi connectivity index (χ3n) is 4.42. The molecule has 0 spiro atoms. The number of fused-ring (bicyclic) bond motifs is 1. The zero-order valence-electron chi connectivity index (χ0n) is 14.3. The van der Waals surface area contributed by atoms with E-state index < -0.39 is 10.8 Å². The van der Waals surface area contributed by atoms with Gasteiger partial charge in [0.2, 0.25) is 0 Å². The number of aliphatic hydroxyl groups excluding tert-OH is 1. The van der Waals surface area contributed by atoms with Gasteiger partial charge in [0.1, 0.15) is 5.76 Å². The molecular formula is C20H13BrN2O5. The summed E-state index contributed by atoms with van der Waals surface area (Å²) >= 11 is 3.22. The smallest absolute Gasteiger partial charge is 0.298 e. The van der Waals surface area contributed by atoms with Crippen molar-refractivity contribution in [2.75, 3.05) is 0 Å². The molecule has 0 bridgehead atoms. The molecule has 140 valence electrons. The number of nitro groups is 1. The summed E-state index contributed by atoms with van der Waals surface area (Å²) in [4.78, 5) is 23.8. The second-order valence-corrected chi connectivity index (χ2v) is 7.00. The molecule has 0 aliphatic rings. The summed E-state index contributed by atoms with van der Waals surface area (Å²) in [5.41, 5.74) is 1.42. The zero-order chi connectivity index (χ0) is 19.8. The number of hydrogen-bond acceptors (Lipinski definition) is 5. The predicted molar refractivity (Wildman–Crippen MR) is 106 cm³/mol. The summed E-state index contributed by atoms with van der Waals surface area (Å²) in [6, 6.07) is 14.8. The SMILES string of the molecule is O=C(c1ccc(-c2ccc(Br)cc2[N+](=O)[O-])o1)n1cc(CO)c2ccccc21. The van der Waals surface area contributed by atoms with Crippen molar-refractivity contribution in [3.63, 3.8) is 0 Å². The molecule has 0 saturated heterocycles. The number of nitro benzene ring substituents is 1. The van der Waals surface area contributed by atoms with Gasteiger partial charge in [-0.2, -0.15) is 0 Å². The second kappa shape index (κ2) is 7.06. The first-order valence-corrected chi connectivity index (χ1v) is 9.07. The molecule has 2 aromatic heterocycles. The predicted octanol–water partition coefficient (Wildman–Crippen LogP) is 4.75. The Morgan fingerprint density at radius 2 is 1.96 bits per heavy atom. The first kappa shape index (κ1) is 18.1. The van der Waals surface area contributed by atoms with Crippen LogP contribution in [-0.4, -0.2) is 20.5 Å². The first-order chi connectivity index (χ1) is 13.5. The first-order valence-electron chi connectivity index (χ1n) is 8.28. The van der Waals surface area contributed by atoms with Crippen LogP contribution in [0.2, 0.25) is 0 Å². The van der Waals surface area contributed by atoms with Crippen LogP contribution >= 0.6 is 15.9 Å². The highest BCUT2D eigenvalue weighted by atomic mass is 79.9. The molecule has 0 unspecified atom stereocenters. The molecule has 0 aliphatic carbocycles. The quantitative estimate of drug-likeness (QED) is 0.364. The van der Waals surface area contributed by atoms with Gasteiger partial charge in [0.25, 0.3) is 11.6 Å². The van der Waals surface area contributed by atoms with Gasteiger partial charge in [0.05, 0.1) is 22.6 Å². The van der Waals surface area contributed by atoms with Crippen LogP contribution in [0.25, 0.3) is 22.2 Å². The molecule has 7 nitrogen and oxygen atoms in total. The maximum Gasteiger partial charge on any atom is 0.298 e. The Balaban J connectivity index is 1.77. The fourth-order valence-corrected chi connectivity index (χ4v) is 3.47. The van der Waals surface area contributed by atoms with Crippen LogP contribution in [0.5, 0.6) is 0 Å². The van der Waals surface area contributed by atoms with Gasteiger partial charge < -0.3 is 9.52 Å². The minimum atomic E-state index is -0.503. The van der Waals surface area contributed by atoms with Gasteiger partial charge in [-0.05, 0) is 30.3 Å². The van der Waals surface area contributed by atoms with Crippen molar-refractivity contribution in [1.82, 2.24) is 4.57 Å². The molecule has 2 aromatic carbocycles. The van der Waals surface area contributed by atoms with Gasteiger partial charge in [-0.15, -0.1) is 0 Å². The summed E-state index contributed by atoms with van der Waals surface area (Å²) in [5, 5.41) is 21.7. The van der Waals surface area contributed by atoms with E-state index in [-0.39, 0.29) is 29.4 Å². The molecule has 4 rings (SSSR count). The number of benzene rings is 2. The Kier molecular flexibility index (Phi) is 4.58. The second-order valence-electron chi connectivity index (χ2n) is 6.09. The van der Waals surface area contributed by atoms with Crippen LogP contribution in [0.15, 0.2) is 69.7 Å². The average molecular weight is 441 g/mol. The Hall–Kier alpha value is -3.23. The van der Waals surface area contributed by atoms with Gasteiger partial charge in [-0.25, -0.2) is 0 Å². The van der Waals surface area contributed by atoms with Gasteiger partial charge in [-0.3, -0.25) is 19.5 Å². The van der Waals surface area contributed by atoms with Gasteiger partial charge in [-0.1, -0.05) is 34.1 Å². The lowest BCUT2D eigenvalue weighted by atomic mass is 10.1. The van der Waals surface area contributed by atoms with Gasteiger partial charge in [0.15, 0.2) is 5.76 Å². The normalized spacial score (nSPS) is 11.1. The van der Waals surface area contributed by atoms with Crippen molar-refractivity contribution in [2.24, 2.45) is 0 Å². The highest BCUT2D eigenvalue weighted by Gasteiger charge is 2.22. The van der Waals surface area contributed by atoms with Gasteiger partial charge >= 0.3 is 0 Å². The van der Waals surface area contributed by atoms with Gasteiger partial charge in [0, 0.05) is 27.7 Å². The molecule has 0 fully saturated rings. The van der Waals surface area contributed by atoms with E-state index in [1.165, 1.54) is 22.8 Å². The monoisotopic (exact) mass is 440 g/mol. The van der Waals surface area contributed by atoms with Crippen LogP contribution in [0.3, 0.4) is 0 Å². The summed E-state index contributed by atoms with van der Waals surface area (Å²) in [7, 11) is 0. The van der Waals surface area contributed by atoms with E-state index in [9.17, 15) is 20.0 Å². The largest absolute Gasteiger partial charge is 0.451 e. The highest BCUT2D eigenvalue weighted by Crippen LogP contribution is 2.34. The number of aliphatic hydroxyl groups is 1. The number of rotatable bonds is 4. The lowest BCUT2D eigenvalue weighted by Gasteiger charge is -2.02. The summed E-state index contributed by atoms with van der Waals surface area (Å²) in [6.45, 7) is -0.199. The average Bonchev–Trinajstić information content (AvgIpc) is 3.32. The van der Waals surface area contributed by atoms with Crippen molar-refractivity contribution in [3.05, 3.63) is 86.7 Å². The molecule has 2 heterocycles. The fourth-order valence-electron chi connectivity index (χ4n) is 3.12. The maximum atomic E-state index is 13.0. The van der Waals surface area contributed by atoms with E-state index in [0.717, 1.165) is 5.39 Å². The molecule has 0 radical (unpaired) electrons. The highest BCUT2D eigenvalue weighted by molar-refractivity contribution is 9.10. The van der Waals surface area contributed by atoms with E-state index in [1.54, 1.807) is 30.5 Å². The van der Waals surface area contributed by atoms with Crippen LogP contribution in [0.1, 0.15) is 16.1 Å². The number of carbonyl (C=O) groups excluding carboxylic acids is 1. The molecule has 8 heteroatoms. The van der Waals surface area contributed by atoms with Crippen LogP contribution in [0, 0.1) is 10.1 Å². The third-order valence-corrected chi connectivity index (χ3v) is 4.92. The number of hydrogen-bond donors (Lipinski definition) is 1. The van der Waals surface area contributed by atoms with E-state index >= 15 is 0 Å².